The summed E-state index contributed by atoms with van der Waals surface area (Å²) in [7, 11) is -3.45. The average molecular weight is 488 g/mol. The van der Waals surface area contributed by atoms with Gasteiger partial charge in [0.25, 0.3) is 0 Å². The number of hydrogen-bond acceptors (Lipinski definition) is 6. The molecule has 2 aromatic carbocycles. The zero-order valence-corrected chi connectivity index (χ0v) is 19.9. The quantitative estimate of drug-likeness (QED) is 0.355. The minimum atomic E-state index is -3.45. The van der Waals surface area contributed by atoms with Crippen LogP contribution >= 0.6 is 0 Å². The van der Waals surface area contributed by atoms with Crippen molar-refractivity contribution >= 4 is 21.2 Å². The van der Waals surface area contributed by atoms with Gasteiger partial charge in [0, 0.05) is 36.0 Å². The van der Waals surface area contributed by atoms with Gasteiger partial charge in [-0.2, -0.15) is 0 Å². The Kier molecular flexibility index (Phi) is 5.78. The number of halogens is 1. The molecule has 3 heterocycles. The highest BCUT2D eigenvalue weighted by Crippen LogP contribution is 2.33. The van der Waals surface area contributed by atoms with Crippen molar-refractivity contribution in [2.45, 2.75) is 17.9 Å². The third kappa shape index (κ3) is 4.63. The molecule has 35 heavy (non-hydrogen) atoms. The Morgan fingerprint density at radius 2 is 1.71 bits per heavy atom. The number of pyridine rings is 1. The number of nitrogens with zero attached hydrogens (tertiary/aromatic N) is 4. The largest absolute Gasteiger partial charge is 0.362 e. The van der Waals surface area contributed by atoms with Gasteiger partial charge in [-0.3, -0.25) is 4.98 Å². The third-order valence-electron chi connectivity index (χ3n) is 5.72. The summed E-state index contributed by atoms with van der Waals surface area (Å²) < 4.78 is 39.3. The van der Waals surface area contributed by atoms with E-state index in [-0.39, 0.29) is 16.8 Å². The maximum atomic E-state index is 13.4. The molecule has 1 N–H and O–H groups in total. The zero-order chi connectivity index (χ0) is 24.6. The van der Waals surface area contributed by atoms with E-state index in [1.54, 1.807) is 16.6 Å². The summed E-state index contributed by atoms with van der Waals surface area (Å²) in [6.07, 6.45) is 5.80. The summed E-state index contributed by atoms with van der Waals surface area (Å²) in [5, 5.41) is 8.09. The van der Waals surface area contributed by atoms with E-state index in [0.717, 1.165) is 28.5 Å². The van der Waals surface area contributed by atoms with Gasteiger partial charge in [0.2, 0.25) is 0 Å². The standard InChI is InChI=1S/C26H22FN5O2S/c1-17(18-8-10-21(27)11-9-18)29-26-24-23(19-6-4-3-5-7-19)12-13-32(24)31-25(30-26)20-14-22(16-28-15-20)35(2,33)34/h3-17H,1-2H3,(H,29,30,31). The highest BCUT2D eigenvalue weighted by molar-refractivity contribution is 7.90. The average Bonchev–Trinajstić information content (AvgIpc) is 3.29. The number of nitrogens with one attached hydrogen (secondary N) is 1. The fourth-order valence-electron chi connectivity index (χ4n) is 3.88. The van der Waals surface area contributed by atoms with Crippen molar-refractivity contribution in [1.29, 1.82) is 0 Å². The topological polar surface area (TPSA) is 89.2 Å². The second-order valence-corrected chi connectivity index (χ2v) is 10.3. The molecular weight excluding hydrogens is 465 g/mol. The van der Waals surface area contributed by atoms with Gasteiger partial charge in [-0.1, -0.05) is 42.5 Å². The van der Waals surface area contributed by atoms with Gasteiger partial charge < -0.3 is 5.32 Å². The maximum Gasteiger partial charge on any atom is 0.183 e. The Morgan fingerprint density at radius 1 is 0.971 bits per heavy atom. The van der Waals surface area contributed by atoms with Crippen LogP contribution in [0.2, 0.25) is 0 Å². The fourth-order valence-corrected chi connectivity index (χ4v) is 4.48. The van der Waals surface area contributed by atoms with Gasteiger partial charge in [-0.05, 0) is 42.3 Å². The molecule has 7 nitrogen and oxygen atoms in total. The summed E-state index contributed by atoms with van der Waals surface area (Å²) in [5.41, 5.74) is 4.07. The Morgan fingerprint density at radius 3 is 2.43 bits per heavy atom. The third-order valence-corrected chi connectivity index (χ3v) is 6.80. The summed E-state index contributed by atoms with van der Waals surface area (Å²) in [6.45, 7) is 1.96. The van der Waals surface area contributed by atoms with Gasteiger partial charge in [0.15, 0.2) is 21.5 Å². The molecule has 5 rings (SSSR count). The van der Waals surface area contributed by atoms with E-state index in [0.29, 0.717) is 17.2 Å². The Hall–Kier alpha value is -4.11. The molecule has 1 unspecified atom stereocenters. The maximum absolute atomic E-state index is 13.4. The molecule has 0 aliphatic rings. The number of sulfone groups is 1. The minimum absolute atomic E-state index is 0.0883. The molecule has 5 aromatic rings. The number of benzene rings is 2. The molecule has 0 bridgehead atoms. The van der Waals surface area contributed by atoms with Crippen molar-refractivity contribution in [2.24, 2.45) is 0 Å². The van der Waals surface area contributed by atoms with Crippen LogP contribution in [-0.4, -0.2) is 34.3 Å². The lowest BCUT2D eigenvalue weighted by atomic mass is 10.1. The van der Waals surface area contributed by atoms with Crippen LogP contribution in [0.25, 0.3) is 28.0 Å². The van der Waals surface area contributed by atoms with Crippen molar-refractivity contribution in [3.63, 3.8) is 0 Å². The molecule has 0 saturated heterocycles. The first-order valence-corrected chi connectivity index (χ1v) is 12.8. The van der Waals surface area contributed by atoms with Crippen LogP contribution < -0.4 is 5.32 Å². The Labute approximate surface area is 202 Å². The molecule has 9 heteroatoms. The van der Waals surface area contributed by atoms with E-state index in [2.05, 4.69) is 15.4 Å². The molecule has 0 amide bonds. The van der Waals surface area contributed by atoms with Gasteiger partial charge in [0.05, 0.1) is 10.9 Å². The summed E-state index contributed by atoms with van der Waals surface area (Å²) in [6, 6.07) is 19.5. The van der Waals surface area contributed by atoms with Crippen molar-refractivity contribution in [2.75, 3.05) is 11.6 Å². The van der Waals surface area contributed by atoms with Crippen LogP contribution in [0.4, 0.5) is 10.2 Å². The van der Waals surface area contributed by atoms with E-state index in [4.69, 9.17) is 4.98 Å². The van der Waals surface area contributed by atoms with E-state index in [1.807, 2.05) is 49.5 Å². The van der Waals surface area contributed by atoms with Gasteiger partial charge in [0.1, 0.15) is 11.3 Å². The molecule has 0 aliphatic carbocycles. The second kappa shape index (κ2) is 8.92. The van der Waals surface area contributed by atoms with Crippen LogP contribution in [-0.2, 0) is 9.84 Å². The lowest BCUT2D eigenvalue weighted by molar-refractivity contribution is 0.601. The van der Waals surface area contributed by atoms with Crippen molar-refractivity contribution in [1.82, 2.24) is 19.6 Å². The predicted octanol–water partition coefficient (Wildman–Crippen LogP) is 5.17. The minimum Gasteiger partial charge on any atom is -0.362 e. The van der Waals surface area contributed by atoms with Gasteiger partial charge >= 0.3 is 0 Å². The molecule has 0 radical (unpaired) electrons. The van der Waals surface area contributed by atoms with Gasteiger partial charge in [-0.15, -0.1) is 5.10 Å². The Balaban J connectivity index is 1.67. The van der Waals surface area contributed by atoms with Crippen LogP contribution in [0.5, 0.6) is 0 Å². The molecule has 176 valence electrons. The SMILES string of the molecule is CC(Nc1nc(-c2cncc(S(C)(=O)=O)c2)nn2ccc(-c3ccccc3)c12)c1ccc(F)cc1. The lowest BCUT2D eigenvalue weighted by Gasteiger charge is -2.17. The Bertz CT molecular complexity index is 1620. The van der Waals surface area contributed by atoms with E-state index in [9.17, 15) is 12.8 Å². The normalized spacial score (nSPS) is 12.5. The van der Waals surface area contributed by atoms with Gasteiger partial charge in [-0.25, -0.2) is 22.3 Å². The van der Waals surface area contributed by atoms with Crippen LogP contribution in [0.3, 0.4) is 0 Å². The first-order chi connectivity index (χ1) is 16.8. The van der Waals surface area contributed by atoms with E-state index < -0.39 is 9.84 Å². The summed E-state index contributed by atoms with van der Waals surface area (Å²) >= 11 is 0. The monoisotopic (exact) mass is 487 g/mol. The van der Waals surface area contributed by atoms with E-state index in [1.165, 1.54) is 30.6 Å². The second-order valence-electron chi connectivity index (χ2n) is 8.27. The lowest BCUT2D eigenvalue weighted by Crippen LogP contribution is -2.11. The highest BCUT2D eigenvalue weighted by Gasteiger charge is 2.18. The summed E-state index contributed by atoms with van der Waals surface area (Å²) in [4.78, 5) is 8.95. The molecule has 1 atom stereocenters. The molecule has 0 spiro atoms. The van der Waals surface area contributed by atoms with E-state index >= 15 is 0 Å². The predicted molar refractivity (Wildman–Crippen MR) is 133 cm³/mol. The van der Waals surface area contributed by atoms with Crippen LogP contribution in [0.15, 0.2) is 90.2 Å². The molecule has 0 aliphatic heterocycles. The zero-order valence-electron chi connectivity index (χ0n) is 19.1. The number of rotatable bonds is 6. The van der Waals surface area contributed by atoms with Crippen LogP contribution in [0.1, 0.15) is 18.5 Å². The first kappa shape index (κ1) is 22.7. The number of aromatic nitrogens is 4. The van der Waals surface area contributed by atoms with Crippen molar-refractivity contribution in [3.8, 4) is 22.5 Å². The number of fused-ring (bicyclic) bond motifs is 1. The smallest absolute Gasteiger partial charge is 0.183 e. The molecule has 0 saturated carbocycles. The van der Waals surface area contributed by atoms with Crippen LogP contribution in [0, 0.1) is 5.82 Å². The fraction of sp³-hybridized carbons (Fsp3) is 0.115. The van der Waals surface area contributed by atoms with Crippen molar-refractivity contribution in [3.05, 3.63) is 96.7 Å². The highest BCUT2D eigenvalue weighted by atomic mass is 32.2. The summed E-state index contributed by atoms with van der Waals surface area (Å²) in [5.74, 6) is 0.573. The first-order valence-electron chi connectivity index (χ1n) is 10.9. The number of anilines is 1. The molecule has 0 fully saturated rings. The molecular formula is C26H22FN5O2S. The van der Waals surface area contributed by atoms with Crippen molar-refractivity contribution < 1.29 is 12.8 Å². The number of hydrogen-bond donors (Lipinski definition) is 1. The molecule has 3 aromatic heterocycles.